The van der Waals surface area contributed by atoms with Crippen LogP contribution in [-0.2, 0) is 9.59 Å². The summed E-state index contributed by atoms with van der Waals surface area (Å²) in [5.74, 6) is -0.0985. The van der Waals surface area contributed by atoms with Gasteiger partial charge in [-0.1, -0.05) is 6.42 Å². The minimum atomic E-state index is -0.200. The molecule has 0 atom stereocenters. The smallest absolute Gasteiger partial charge is 0.253 e. The van der Waals surface area contributed by atoms with Crippen LogP contribution in [0, 0.1) is 0 Å². The maximum Gasteiger partial charge on any atom is 0.253 e. The lowest BCUT2D eigenvalue weighted by Crippen LogP contribution is -2.37. The van der Waals surface area contributed by atoms with Gasteiger partial charge in [-0.05, 0) is 49.9 Å². The first-order chi connectivity index (χ1) is 12.1. The van der Waals surface area contributed by atoms with Crippen LogP contribution < -0.4 is 5.32 Å². The number of anilines is 1. The van der Waals surface area contributed by atoms with Crippen molar-refractivity contribution in [1.82, 2.24) is 9.80 Å². The molecule has 1 aromatic rings. The maximum atomic E-state index is 12.3. The molecule has 2 saturated heterocycles. The zero-order valence-corrected chi connectivity index (χ0v) is 14.5. The highest BCUT2D eigenvalue weighted by molar-refractivity contribution is 5.97. The molecule has 1 N–H and O–H groups in total. The molecule has 0 unspecified atom stereocenters. The molecule has 2 heterocycles. The van der Waals surface area contributed by atoms with Crippen molar-refractivity contribution in [2.75, 3.05) is 31.5 Å². The van der Waals surface area contributed by atoms with Crippen LogP contribution in [0.2, 0.25) is 0 Å². The Morgan fingerprint density at radius 1 is 0.920 bits per heavy atom. The Morgan fingerprint density at radius 2 is 1.60 bits per heavy atom. The van der Waals surface area contributed by atoms with E-state index in [-0.39, 0.29) is 24.3 Å². The Hall–Kier alpha value is -2.37. The third kappa shape index (κ3) is 4.59. The molecule has 2 aliphatic heterocycles. The normalized spacial score (nSPS) is 18.2. The van der Waals surface area contributed by atoms with Crippen molar-refractivity contribution in [3.05, 3.63) is 29.8 Å². The molecule has 0 spiro atoms. The lowest BCUT2D eigenvalue weighted by Gasteiger charge is -2.20. The Kier molecular flexibility index (Phi) is 5.68. The van der Waals surface area contributed by atoms with E-state index < -0.39 is 0 Å². The van der Waals surface area contributed by atoms with Crippen LogP contribution in [0.1, 0.15) is 48.9 Å². The van der Waals surface area contributed by atoms with Gasteiger partial charge in [-0.2, -0.15) is 0 Å². The second-order valence-electron chi connectivity index (χ2n) is 6.75. The number of amides is 3. The molecule has 25 heavy (non-hydrogen) atoms. The summed E-state index contributed by atoms with van der Waals surface area (Å²) in [6, 6.07) is 6.97. The molecular weight excluding hydrogens is 318 g/mol. The van der Waals surface area contributed by atoms with Gasteiger partial charge in [0.1, 0.15) is 0 Å². The van der Waals surface area contributed by atoms with Gasteiger partial charge < -0.3 is 15.1 Å². The van der Waals surface area contributed by atoms with Crippen molar-refractivity contribution in [1.29, 1.82) is 0 Å². The van der Waals surface area contributed by atoms with Crippen LogP contribution in [0.15, 0.2) is 24.3 Å². The summed E-state index contributed by atoms with van der Waals surface area (Å²) in [6.45, 7) is 2.38. The summed E-state index contributed by atoms with van der Waals surface area (Å²) in [6.07, 6.45) is 5.55. The van der Waals surface area contributed by atoms with Gasteiger partial charge >= 0.3 is 0 Å². The Bertz CT molecular complexity index is 636. The zero-order chi connectivity index (χ0) is 17.6. The fourth-order valence-electron chi connectivity index (χ4n) is 3.38. The van der Waals surface area contributed by atoms with E-state index in [0.29, 0.717) is 24.2 Å². The highest BCUT2D eigenvalue weighted by atomic mass is 16.2. The third-order valence-corrected chi connectivity index (χ3v) is 4.81. The number of nitrogens with zero attached hydrogens (tertiary/aromatic N) is 2. The van der Waals surface area contributed by atoms with Gasteiger partial charge in [0.2, 0.25) is 11.8 Å². The molecule has 134 valence electrons. The first-order valence-electron chi connectivity index (χ1n) is 9.10. The van der Waals surface area contributed by atoms with Gasteiger partial charge in [0.05, 0.1) is 6.54 Å². The Labute approximate surface area is 148 Å². The van der Waals surface area contributed by atoms with Crippen molar-refractivity contribution >= 4 is 23.4 Å². The average molecular weight is 343 g/mol. The molecule has 3 rings (SSSR count). The third-order valence-electron chi connectivity index (χ3n) is 4.81. The molecule has 0 bridgehead atoms. The molecule has 1 aromatic carbocycles. The minimum absolute atomic E-state index is 0.0468. The Balaban J connectivity index is 1.54. The van der Waals surface area contributed by atoms with Crippen molar-refractivity contribution in [3.63, 3.8) is 0 Å². The lowest BCUT2D eigenvalue weighted by atomic mass is 10.2. The van der Waals surface area contributed by atoms with Gasteiger partial charge in [-0.25, -0.2) is 0 Å². The standard InChI is InChI=1S/C19H25N3O3/c23-17(14-22-13-3-1-2-6-18(22)24)20-16-9-7-15(8-10-16)19(25)21-11-4-5-12-21/h7-10H,1-6,11-14H2,(H,20,23). The van der Waals surface area contributed by atoms with Gasteiger partial charge in [0.25, 0.3) is 5.91 Å². The summed E-state index contributed by atoms with van der Waals surface area (Å²) in [7, 11) is 0. The van der Waals surface area contributed by atoms with Crippen LogP contribution in [0.5, 0.6) is 0 Å². The number of rotatable bonds is 4. The van der Waals surface area contributed by atoms with Crippen LogP contribution in [0.25, 0.3) is 0 Å². The second-order valence-corrected chi connectivity index (χ2v) is 6.75. The van der Waals surface area contributed by atoms with Crippen LogP contribution >= 0.6 is 0 Å². The molecule has 0 saturated carbocycles. The number of hydrogen-bond donors (Lipinski definition) is 1. The Morgan fingerprint density at radius 3 is 2.32 bits per heavy atom. The first-order valence-corrected chi connectivity index (χ1v) is 9.10. The lowest BCUT2D eigenvalue weighted by molar-refractivity contribution is -0.134. The van der Waals surface area contributed by atoms with Gasteiger partial charge in [-0.15, -0.1) is 0 Å². The predicted octanol–water partition coefficient (Wildman–Crippen LogP) is 2.26. The van der Waals surface area contributed by atoms with E-state index in [1.54, 1.807) is 29.2 Å². The average Bonchev–Trinajstić information content (AvgIpc) is 3.07. The maximum absolute atomic E-state index is 12.3. The first kappa shape index (κ1) is 17.5. The van der Waals surface area contributed by atoms with E-state index >= 15 is 0 Å². The van der Waals surface area contributed by atoms with Gasteiger partial charge in [-0.3, -0.25) is 14.4 Å². The fourth-order valence-corrected chi connectivity index (χ4v) is 3.38. The molecular formula is C19H25N3O3. The molecule has 2 aliphatic rings. The SMILES string of the molecule is O=C(CN1CCCCCC1=O)Nc1ccc(C(=O)N2CCCC2)cc1. The van der Waals surface area contributed by atoms with Gasteiger partial charge in [0, 0.05) is 37.3 Å². The molecule has 0 aromatic heterocycles. The van der Waals surface area contributed by atoms with Crippen molar-refractivity contribution in [2.24, 2.45) is 0 Å². The van der Waals surface area contributed by atoms with Crippen molar-refractivity contribution in [3.8, 4) is 0 Å². The number of hydrogen-bond acceptors (Lipinski definition) is 3. The monoisotopic (exact) mass is 343 g/mol. The summed E-state index contributed by atoms with van der Waals surface area (Å²) in [5, 5.41) is 2.81. The number of benzene rings is 1. The summed E-state index contributed by atoms with van der Waals surface area (Å²) < 4.78 is 0. The highest BCUT2D eigenvalue weighted by Gasteiger charge is 2.20. The van der Waals surface area contributed by atoms with E-state index in [9.17, 15) is 14.4 Å². The largest absolute Gasteiger partial charge is 0.339 e. The molecule has 0 aliphatic carbocycles. The number of likely N-dealkylation sites (tertiary alicyclic amines) is 2. The molecule has 3 amide bonds. The zero-order valence-electron chi connectivity index (χ0n) is 14.5. The van der Waals surface area contributed by atoms with E-state index in [4.69, 9.17) is 0 Å². The van der Waals surface area contributed by atoms with Crippen molar-refractivity contribution < 1.29 is 14.4 Å². The highest BCUT2D eigenvalue weighted by Crippen LogP contribution is 2.16. The number of nitrogens with one attached hydrogen (secondary N) is 1. The van der Waals surface area contributed by atoms with Crippen molar-refractivity contribution in [2.45, 2.75) is 38.5 Å². The number of carbonyl (C=O) groups is 3. The predicted molar refractivity (Wildman–Crippen MR) is 95.3 cm³/mol. The van der Waals surface area contributed by atoms with Crippen LogP contribution in [0.3, 0.4) is 0 Å². The van der Waals surface area contributed by atoms with E-state index in [0.717, 1.165) is 45.2 Å². The van der Waals surface area contributed by atoms with E-state index in [1.165, 1.54) is 0 Å². The topological polar surface area (TPSA) is 69.7 Å². The second kappa shape index (κ2) is 8.14. The van der Waals surface area contributed by atoms with Gasteiger partial charge in [0.15, 0.2) is 0 Å². The molecule has 6 nitrogen and oxygen atoms in total. The summed E-state index contributed by atoms with van der Waals surface area (Å²) in [4.78, 5) is 39.9. The van der Waals surface area contributed by atoms with E-state index in [2.05, 4.69) is 5.32 Å². The fraction of sp³-hybridized carbons (Fsp3) is 0.526. The molecule has 6 heteroatoms. The van der Waals surface area contributed by atoms with Crippen LogP contribution in [0.4, 0.5) is 5.69 Å². The summed E-state index contributed by atoms with van der Waals surface area (Å²) >= 11 is 0. The quantitative estimate of drug-likeness (QED) is 0.912. The molecule has 2 fully saturated rings. The van der Waals surface area contributed by atoms with E-state index in [1.807, 2.05) is 4.90 Å². The summed E-state index contributed by atoms with van der Waals surface area (Å²) in [5.41, 5.74) is 1.29. The number of carbonyl (C=O) groups excluding carboxylic acids is 3. The minimum Gasteiger partial charge on any atom is -0.339 e. The van der Waals surface area contributed by atoms with Crippen LogP contribution in [-0.4, -0.2) is 53.7 Å². The molecule has 0 radical (unpaired) electrons.